The van der Waals surface area contributed by atoms with Gasteiger partial charge in [0.05, 0.1) is 10.1 Å². The van der Waals surface area contributed by atoms with Gasteiger partial charge in [-0.1, -0.05) is 6.07 Å². The highest BCUT2D eigenvalue weighted by Gasteiger charge is 2.22. The Kier molecular flexibility index (Phi) is 1.88. The van der Waals surface area contributed by atoms with E-state index in [9.17, 15) is 4.79 Å². The minimum Gasteiger partial charge on any atom is -0.447 e. The van der Waals surface area contributed by atoms with Crippen molar-refractivity contribution in [3.05, 3.63) is 35.5 Å². The Bertz CT molecular complexity index is 1010. The van der Waals surface area contributed by atoms with Gasteiger partial charge in [0.2, 0.25) is 0 Å². The van der Waals surface area contributed by atoms with Crippen LogP contribution in [0.3, 0.4) is 0 Å². The summed E-state index contributed by atoms with van der Waals surface area (Å²) in [5.41, 5.74) is 0.498. The summed E-state index contributed by atoms with van der Waals surface area (Å²) < 4.78 is 77.3. The highest BCUT2D eigenvalue weighted by Crippen LogP contribution is 2.21. The van der Waals surface area contributed by atoms with Gasteiger partial charge in [-0.25, -0.2) is 4.79 Å². The van der Waals surface area contributed by atoms with Crippen molar-refractivity contribution < 1.29 is 22.0 Å². The van der Waals surface area contributed by atoms with Gasteiger partial charge in [0.1, 0.15) is 6.56 Å². The van der Waals surface area contributed by atoms with Crippen molar-refractivity contribution in [2.24, 2.45) is 0 Å². The molecule has 0 bridgehead atoms. The molecule has 1 aliphatic heterocycles. The maximum atomic E-state index is 11.6. The fraction of sp³-hybridized carbons (Fsp3) is 0.438. The van der Waals surface area contributed by atoms with E-state index in [1.165, 1.54) is 38.5 Å². The van der Waals surface area contributed by atoms with E-state index in [-0.39, 0.29) is 21.8 Å². The van der Waals surface area contributed by atoms with Crippen LogP contribution in [-0.4, -0.2) is 49.1 Å². The van der Waals surface area contributed by atoms with Crippen molar-refractivity contribution in [1.82, 2.24) is 15.2 Å². The number of benzene rings is 1. The topological polar surface area (TPSA) is 57.4 Å². The van der Waals surface area contributed by atoms with E-state index in [0.29, 0.717) is 5.56 Å². The van der Waals surface area contributed by atoms with E-state index in [1.54, 1.807) is 0 Å². The molecule has 1 atom stereocenters. The van der Waals surface area contributed by atoms with Gasteiger partial charge >= 0.3 is 6.09 Å². The molecule has 1 aromatic heterocycles. The number of carbonyl (C=O) groups is 1. The van der Waals surface area contributed by atoms with E-state index in [4.69, 9.17) is 12.4 Å². The van der Waals surface area contributed by atoms with Crippen LogP contribution in [0, 0.1) is 0 Å². The van der Waals surface area contributed by atoms with E-state index >= 15 is 0 Å². The number of fused-ring (bicyclic) bond motifs is 1. The van der Waals surface area contributed by atoms with Crippen LogP contribution in [0.15, 0.2) is 24.4 Å². The fourth-order valence-electron chi connectivity index (χ4n) is 2.02. The molecule has 0 spiro atoms. The number of rotatable bonds is 5. The third kappa shape index (κ3) is 3.19. The van der Waals surface area contributed by atoms with Gasteiger partial charge in [-0.05, 0) is 50.1 Å². The molecule has 1 fully saturated rings. The first-order valence-electron chi connectivity index (χ1n) is 10.8. The van der Waals surface area contributed by atoms with Crippen LogP contribution >= 0.6 is 0 Å². The summed E-state index contributed by atoms with van der Waals surface area (Å²) in [6, 6.07) is 1.99. The molecule has 0 aliphatic carbocycles. The summed E-state index contributed by atoms with van der Waals surface area (Å²) >= 11 is 0. The lowest BCUT2D eigenvalue weighted by molar-refractivity contribution is 0.177. The molecule has 21 heavy (non-hydrogen) atoms. The fourth-order valence-corrected chi connectivity index (χ4v) is 2.02. The molecule has 1 aliphatic rings. The Morgan fingerprint density at radius 1 is 1.62 bits per heavy atom. The van der Waals surface area contributed by atoms with Crippen LogP contribution in [0.4, 0.5) is 4.79 Å². The summed E-state index contributed by atoms with van der Waals surface area (Å²) in [5, 5.41) is 0.335. The van der Waals surface area contributed by atoms with E-state index in [0.717, 1.165) is 9.88 Å². The minimum atomic E-state index is -2.75. The Balaban J connectivity index is 2.12. The number of carbonyl (C=O) groups excluding carboxylic acids is 1. The quantitative estimate of drug-likeness (QED) is 0.886. The number of ether oxygens (including phenoxy) is 1. The standard InChI is InChI=1S/C16H21N3O2/c1-19(2)6-5-12-9-17-15-4-3-11(8-14(12)15)7-13-10-21-16(20)18-13/h3-4,8-9,13,17H,5-7,10H2,1-2H3,(H,18,20)/t13-/m0/s1/i5D2,6D2,10D2,13D/hD2. The molecule has 1 amide bonds. The summed E-state index contributed by atoms with van der Waals surface area (Å²) in [6.45, 7) is -5.16. The monoisotopic (exact) mass is 296 g/mol. The molecule has 1 aromatic carbocycles. The van der Waals surface area contributed by atoms with Crippen LogP contribution in [0.25, 0.3) is 10.9 Å². The largest absolute Gasteiger partial charge is 0.447 e. The maximum Gasteiger partial charge on any atom is 0.407 e. The zero-order valence-corrected chi connectivity index (χ0v) is 11.7. The lowest BCUT2D eigenvalue weighted by Crippen LogP contribution is -2.28. The number of hydrogen-bond acceptors (Lipinski definition) is 3. The number of likely N-dealkylation sites (N-methyl/N-ethyl adjacent to an activating group) is 1. The lowest BCUT2D eigenvalue weighted by atomic mass is 10.0. The average Bonchev–Trinajstić information content (AvgIpc) is 3.03. The molecule has 0 radical (unpaired) electrons. The maximum absolute atomic E-state index is 11.6. The second-order valence-corrected chi connectivity index (χ2v) is 4.86. The van der Waals surface area contributed by atoms with Gasteiger partial charge < -0.3 is 19.9 Å². The number of H-pyrrole nitrogens is 1. The Labute approximate surface area is 137 Å². The first-order chi connectivity index (χ1) is 13.6. The van der Waals surface area contributed by atoms with Crippen molar-refractivity contribution in [3.8, 4) is 0 Å². The number of cyclic esters (lactones) is 1. The molecule has 5 nitrogen and oxygen atoms in total. The van der Waals surface area contributed by atoms with Crippen LogP contribution in [0.1, 0.15) is 20.7 Å². The molecular weight excluding hydrogens is 266 g/mol. The van der Waals surface area contributed by atoms with E-state index < -0.39 is 38.0 Å². The molecule has 0 unspecified atom stereocenters. The van der Waals surface area contributed by atoms with Crippen LogP contribution in [-0.2, 0) is 17.5 Å². The van der Waals surface area contributed by atoms with Gasteiger partial charge in [0.25, 0.3) is 0 Å². The Hall–Kier alpha value is -2.01. The first kappa shape index (κ1) is 6.83. The van der Waals surface area contributed by atoms with Crippen molar-refractivity contribution in [2.45, 2.75) is 18.8 Å². The third-order valence-corrected chi connectivity index (χ3v) is 2.95. The van der Waals surface area contributed by atoms with Crippen molar-refractivity contribution >= 4 is 17.0 Å². The number of nitrogens with zero attached hydrogens (tertiary/aromatic N) is 1. The predicted molar refractivity (Wildman–Crippen MR) is 82.5 cm³/mol. The first-order valence-corrected chi connectivity index (χ1v) is 6.39. The van der Waals surface area contributed by atoms with Gasteiger partial charge in [0.15, 0.2) is 2.82 Å². The summed E-state index contributed by atoms with van der Waals surface area (Å²) in [5.74, 6) is 0. The molecule has 112 valence electrons. The highest BCUT2D eigenvalue weighted by molar-refractivity contribution is 5.84. The number of nitrogens with one attached hydrogen (secondary N) is 2. The SMILES string of the molecule is [2H]N1C(=O)OC([2H])([2H])[C@]1([2H])Cc1ccc2c(c1)c(C([2H])([2H])C([2H])([2H])N(C)C)cn2[2H]. The second-order valence-electron chi connectivity index (χ2n) is 4.86. The number of aromatic amines is 1. The van der Waals surface area contributed by atoms with Crippen molar-refractivity contribution in [2.75, 3.05) is 27.2 Å². The summed E-state index contributed by atoms with van der Waals surface area (Å²) in [6.07, 6.45) is -3.06. The molecule has 5 heteroatoms. The molecule has 2 N–H and O–H groups in total. The van der Waals surface area contributed by atoms with Crippen molar-refractivity contribution in [3.63, 3.8) is 0 Å². The van der Waals surface area contributed by atoms with E-state index in [2.05, 4.69) is 4.74 Å². The predicted octanol–water partition coefficient (Wildman–Crippen LogP) is 1.92. The van der Waals surface area contributed by atoms with Gasteiger partial charge in [-0.3, -0.25) is 0 Å². The number of alkyl carbamates (subject to hydrolysis) is 1. The van der Waals surface area contributed by atoms with Crippen LogP contribution in [0.5, 0.6) is 0 Å². The van der Waals surface area contributed by atoms with Gasteiger partial charge in [0, 0.05) is 29.1 Å². The summed E-state index contributed by atoms with van der Waals surface area (Å²) in [7, 11) is 2.80. The minimum absolute atomic E-state index is 0.0865. The number of amides is 1. The number of aryl methyl sites for hydroxylation is 1. The molecule has 3 rings (SSSR count). The zero-order chi connectivity index (χ0) is 22.9. The Morgan fingerprint density at radius 3 is 3.19 bits per heavy atom. The zero-order valence-electron chi connectivity index (χ0n) is 20.7. The van der Waals surface area contributed by atoms with Crippen LogP contribution < -0.4 is 5.31 Å². The Morgan fingerprint density at radius 2 is 2.48 bits per heavy atom. The van der Waals surface area contributed by atoms with Crippen LogP contribution in [0.2, 0.25) is 2.82 Å². The molecule has 0 saturated carbocycles. The van der Waals surface area contributed by atoms with Gasteiger partial charge in [-0.2, -0.15) is 0 Å². The number of aromatic nitrogens is 1. The normalized spacial score (nSPS) is 32.2. The van der Waals surface area contributed by atoms with Gasteiger partial charge in [-0.15, -0.1) is 0 Å². The average molecular weight is 296 g/mol. The molecule has 1 saturated heterocycles. The lowest BCUT2D eigenvalue weighted by Gasteiger charge is -2.09. The second kappa shape index (κ2) is 5.77. The van der Waals surface area contributed by atoms with Crippen molar-refractivity contribution in [1.29, 1.82) is 0 Å². The molecule has 2 aromatic rings. The molecular formula is C16H21N3O2. The highest BCUT2D eigenvalue weighted by atomic mass is 16.6. The third-order valence-electron chi connectivity index (χ3n) is 2.95. The van der Waals surface area contributed by atoms with E-state index in [1.807, 2.05) is 0 Å². The molecule has 2 heterocycles. The number of hydrogen-bond donors (Lipinski definition) is 2. The smallest absolute Gasteiger partial charge is 0.407 e. The summed E-state index contributed by atoms with van der Waals surface area (Å²) in [4.78, 5) is 13.6.